The average Bonchev–Trinajstić information content (AvgIpc) is 3.19. The van der Waals surface area contributed by atoms with E-state index < -0.39 is 0 Å². The van der Waals surface area contributed by atoms with E-state index in [-0.39, 0.29) is 0 Å². The van der Waals surface area contributed by atoms with Crippen LogP contribution in [0.1, 0.15) is 36.8 Å². The Hall–Kier alpha value is -1.57. The zero-order valence-corrected chi connectivity index (χ0v) is 14.0. The van der Waals surface area contributed by atoms with Crippen molar-refractivity contribution in [3.63, 3.8) is 0 Å². The van der Waals surface area contributed by atoms with Gasteiger partial charge in [0.2, 0.25) is 5.91 Å². The highest BCUT2D eigenvalue weighted by Crippen LogP contribution is 2.24. The number of likely N-dealkylation sites (tertiary alicyclic amines) is 1. The lowest BCUT2D eigenvalue weighted by Crippen LogP contribution is -2.33. The van der Waals surface area contributed by atoms with Crippen LogP contribution in [0.4, 0.5) is 0 Å². The zero-order chi connectivity index (χ0) is 16.2. The molecule has 1 amide bonds. The van der Waals surface area contributed by atoms with Crippen LogP contribution in [0.3, 0.4) is 0 Å². The van der Waals surface area contributed by atoms with Gasteiger partial charge in [0.1, 0.15) is 6.07 Å². The number of rotatable bonds is 4. The van der Waals surface area contributed by atoms with Crippen LogP contribution in [0.5, 0.6) is 0 Å². The van der Waals surface area contributed by atoms with Gasteiger partial charge < -0.3 is 10.2 Å². The van der Waals surface area contributed by atoms with Crippen molar-refractivity contribution >= 4 is 17.5 Å². The van der Waals surface area contributed by atoms with Crippen LogP contribution in [0.25, 0.3) is 0 Å². The number of carbonyl (C=O) groups excluding carboxylic acids is 1. The molecular weight excluding hydrogens is 310 g/mol. The minimum atomic E-state index is 0.293. The second kappa shape index (κ2) is 7.33. The molecule has 2 atom stereocenters. The molecule has 1 N–H and O–H groups in total. The van der Waals surface area contributed by atoms with Crippen LogP contribution in [0, 0.1) is 17.2 Å². The number of hydrogen-bond donors (Lipinski definition) is 1. The minimum absolute atomic E-state index is 0.293. The van der Waals surface area contributed by atoms with Gasteiger partial charge in [-0.2, -0.15) is 5.26 Å². The Morgan fingerprint density at radius 2 is 2.17 bits per heavy atom. The number of amides is 1. The second-order valence-corrected chi connectivity index (χ2v) is 7.04. The van der Waals surface area contributed by atoms with Gasteiger partial charge in [-0.1, -0.05) is 17.7 Å². The topological polar surface area (TPSA) is 56.1 Å². The number of carbonyl (C=O) groups is 1. The minimum Gasteiger partial charge on any atom is -0.343 e. The van der Waals surface area contributed by atoms with Gasteiger partial charge >= 0.3 is 0 Å². The van der Waals surface area contributed by atoms with Gasteiger partial charge in [0.25, 0.3) is 0 Å². The Kier molecular flexibility index (Phi) is 5.20. The molecule has 0 saturated carbocycles. The summed E-state index contributed by atoms with van der Waals surface area (Å²) in [6, 6.07) is 8.04. The predicted molar refractivity (Wildman–Crippen MR) is 90.2 cm³/mol. The van der Waals surface area contributed by atoms with E-state index in [0.29, 0.717) is 34.9 Å². The van der Waals surface area contributed by atoms with Crippen LogP contribution < -0.4 is 5.32 Å². The second-order valence-electron chi connectivity index (χ2n) is 6.63. The Morgan fingerprint density at radius 1 is 1.39 bits per heavy atom. The molecule has 0 spiro atoms. The third kappa shape index (κ3) is 4.04. The summed E-state index contributed by atoms with van der Waals surface area (Å²) in [5, 5.41) is 12.9. The summed E-state index contributed by atoms with van der Waals surface area (Å²) < 4.78 is 0. The molecule has 2 aliphatic heterocycles. The molecular formula is C18H22ClN3O. The first-order valence-corrected chi connectivity index (χ1v) is 8.73. The summed E-state index contributed by atoms with van der Waals surface area (Å²) >= 11 is 6.10. The van der Waals surface area contributed by atoms with E-state index in [1.54, 1.807) is 6.07 Å². The number of hydrogen-bond acceptors (Lipinski definition) is 3. The van der Waals surface area contributed by atoms with Crippen LogP contribution >= 0.6 is 11.6 Å². The number of nitrogens with one attached hydrogen (secondary N) is 1. The van der Waals surface area contributed by atoms with Crippen LogP contribution in [-0.2, 0) is 11.2 Å². The Labute approximate surface area is 142 Å². The lowest BCUT2D eigenvalue weighted by atomic mass is 9.95. The molecule has 0 aliphatic carbocycles. The number of benzene rings is 1. The molecule has 4 nitrogen and oxygen atoms in total. The maximum atomic E-state index is 12.2. The molecule has 2 unspecified atom stereocenters. The Morgan fingerprint density at radius 3 is 2.87 bits per heavy atom. The molecule has 23 heavy (non-hydrogen) atoms. The van der Waals surface area contributed by atoms with Crippen molar-refractivity contribution in [1.82, 2.24) is 10.2 Å². The van der Waals surface area contributed by atoms with Gasteiger partial charge in [-0.25, -0.2) is 0 Å². The molecule has 1 aromatic carbocycles. The molecule has 1 aromatic rings. The van der Waals surface area contributed by atoms with Gasteiger partial charge in [0.05, 0.1) is 10.6 Å². The highest BCUT2D eigenvalue weighted by atomic mass is 35.5. The summed E-state index contributed by atoms with van der Waals surface area (Å²) in [5.74, 6) is 0.817. The fourth-order valence-corrected chi connectivity index (χ4v) is 3.87. The lowest BCUT2D eigenvalue weighted by Gasteiger charge is -2.18. The molecule has 2 heterocycles. The normalized spacial score (nSPS) is 23.9. The predicted octanol–water partition coefficient (Wildman–Crippen LogP) is 2.74. The van der Waals surface area contributed by atoms with E-state index in [2.05, 4.69) is 11.4 Å². The fraction of sp³-hybridized carbons (Fsp3) is 0.556. The molecule has 2 aliphatic rings. The maximum absolute atomic E-state index is 12.2. The van der Waals surface area contributed by atoms with Crippen LogP contribution in [0.2, 0.25) is 5.02 Å². The maximum Gasteiger partial charge on any atom is 0.224 e. The summed E-state index contributed by atoms with van der Waals surface area (Å²) in [7, 11) is 0. The molecule has 2 saturated heterocycles. The first-order chi connectivity index (χ1) is 11.2. The molecule has 3 rings (SSSR count). The number of halogens is 1. The largest absolute Gasteiger partial charge is 0.343 e. The standard InChI is InChI=1S/C18H22ClN3O/c19-17-9-13(3-4-15(17)11-20)7-14-8-16(21-12-14)10-18(23)22-5-1-2-6-22/h3-4,9,14,16,21H,1-2,5-8,10,12H2. The van der Waals surface area contributed by atoms with Crippen molar-refractivity contribution < 1.29 is 4.79 Å². The van der Waals surface area contributed by atoms with E-state index in [1.807, 2.05) is 17.0 Å². The third-order valence-corrected chi connectivity index (χ3v) is 5.18. The molecule has 2 fully saturated rings. The monoisotopic (exact) mass is 331 g/mol. The van der Waals surface area contributed by atoms with Crippen molar-refractivity contribution in [2.45, 2.75) is 38.1 Å². The highest BCUT2D eigenvalue weighted by molar-refractivity contribution is 6.31. The average molecular weight is 332 g/mol. The SMILES string of the molecule is N#Cc1ccc(CC2CNC(CC(=O)N3CCCC3)C2)cc1Cl. The molecule has 122 valence electrons. The van der Waals surface area contributed by atoms with Crippen LogP contribution in [0.15, 0.2) is 18.2 Å². The summed E-state index contributed by atoms with van der Waals surface area (Å²) in [6.45, 7) is 2.80. The summed E-state index contributed by atoms with van der Waals surface area (Å²) in [4.78, 5) is 14.2. The van der Waals surface area contributed by atoms with E-state index in [9.17, 15) is 4.79 Å². The van der Waals surface area contributed by atoms with Gasteiger partial charge in [0.15, 0.2) is 0 Å². The lowest BCUT2D eigenvalue weighted by molar-refractivity contribution is -0.130. The van der Waals surface area contributed by atoms with Gasteiger partial charge in [-0.15, -0.1) is 0 Å². The zero-order valence-electron chi connectivity index (χ0n) is 13.2. The van der Waals surface area contributed by atoms with Crippen molar-refractivity contribution in [2.75, 3.05) is 19.6 Å². The first kappa shape index (κ1) is 16.3. The smallest absolute Gasteiger partial charge is 0.224 e. The molecule has 0 bridgehead atoms. The van der Waals surface area contributed by atoms with E-state index in [1.165, 1.54) is 0 Å². The first-order valence-electron chi connectivity index (χ1n) is 8.35. The van der Waals surface area contributed by atoms with Crippen molar-refractivity contribution in [3.8, 4) is 6.07 Å². The van der Waals surface area contributed by atoms with E-state index in [0.717, 1.165) is 50.9 Å². The Balaban J connectivity index is 1.50. The van der Waals surface area contributed by atoms with Gasteiger partial charge in [-0.05, 0) is 55.8 Å². The Bertz CT molecular complexity index is 619. The van der Waals surface area contributed by atoms with E-state index in [4.69, 9.17) is 16.9 Å². The van der Waals surface area contributed by atoms with Crippen molar-refractivity contribution in [1.29, 1.82) is 5.26 Å². The summed E-state index contributed by atoms with van der Waals surface area (Å²) in [5.41, 5.74) is 1.68. The van der Waals surface area contributed by atoms with Crippen molar-refractivity contribution in [2.24, 2.45) is 5.92 Å². The van der Waals surface area contributed by atoms with Gasteiger partial charge in [-0.3, -0.25) is 4.79 Å². The molecule has 0 radical (unpaired) electrons. The summed E-state index contributed by atoms with van der Waals surface area (Å²) in [6.07, 6.45) is 4.87. The van der Waals surface area contributed by atoms with Crippen molar-refractivity contribution in [3.05, 3.63) is 34.3 Å². The molecule has 0 aromatic heterocycles. The quantitative estimate of drug-likeness (QED) is 0.923. The van der Waals surface area contributed by atoms with Crippen LogP contribution in [-0.4, -0.2) is 36.5 Å². The fourth-order valence-electron chi connectivity index (χ4n) is 3.63. The number of nitriles is 1. The van der Waals surface area contributed by atoms with Gasteiger partial charge in [0, 0.05) is 25.6 Å². The van der Waals surface area contributed by atoms with E-state index >= 15 is 0 Å². The molecule has 5 heteroatoms. The third-order valence-electron chi connectivity index (χ3n) is 4.87. The highest BCUT2D eigenvalue weighted by Gasteiger charge is 2.28. The number of nitrogens with zero attached hydrogens (tertiary/aromatic N) is 2.